The Kier molecular flexibility index (Phi) is 6.65. The summed E-state index contributed by atoms with van der Waals surface area (Å²) in [4.78, 5) is 8.94. The minimum atomic E-state index is 0.596. The molecule has 0 saturated heterocycles. The van der Waals surface area contributed by atoms with Gasteiger partial charge in [0.2, 0.25) is 0 Å². The molecule has 0 amide bonds. The lowest BCUT2D eigenvalue weighted by molar-refractivity contribution is 0.308. The van der Waals surface area contributed by atoms with Crippen molar-refractivity contribution in [3.05, 3.63) is 15.6 Å². The van der Waals surface area contributed by atoms with Crippen LogP contribution in [0.25, 0.3) is 0 Å². The fourth-order valence-electron chi connectivity index (χ4n) is 2.53. The van der Waals surface area contributed by atoms with Crippen LogP contribution >= 0.6 is 11.3 Å². The molecule has 1 N–H and O–H groups in total. The molecule has 1 fully saturated rings. The lowest BCUT2D eigenvalue weighted by Crippen LogP contribution is -2.25. The highest BCUT2D eigenvalue weighted by Crippen LogP contribution is 2.42. The molecule has 1 unspecified atom stereocenters. The summed E-state index contributed by atoms with van der Waals surface area (Å²) in [6.07, 6.45) is 4.98. The average Bonchev–Trinajstić information content (AvgIpc) is 3.27. The summed E-state index contributed by atoms with van der Waals surface area (Å²) in [5.74, 6) is 0.761. The predicted molar refractivity (Wildman–Crippen MR) is 92.2 cm³/mol. The molecular formula is C17H31N3S. The van der Waals surface area contributed by atoms with Gasteiger partial charge in [0.05, 0.1) is 10.7 Å². The highest BCUT2D eigenvalue weighted by molar-refractivity contribution is 7.11. The SMILES string of the molecule is CCC(C)NCc1sc(CCN(CC)CC)nc1C1CC1. The molecule has 120 valence electrons. The van der Waals surface area contributed by atoms with Gasteiger partial charge in [-0.05, 0) is 39.3 Å². The van der Waals surface area contributed by atoms with Gasteiger partial charge in [0.1, 0.15) is 0 Å². The quantitative estimate of drug-likeness (QED) is 0.712. The zero-order valence-corrected chi connectivity index (χ0v) is 14.9. The number of thiazole rings is 1. The molecule has 0 radical (unpaired) electrons. The van der Waals surface area contributed by atoms with E-state index in [4.69, 9.17) is 4.98 Å². The Morgan fingerprint density at radius 2 is 2.00 bits per heavy atom. The third-order valence-electron chi connectivity index (χ3n) is 4.50. The maximum Gasteiger partial charge on any atom is 0.0944 e. The zero-order valence-electron chi connectivity index (χ0n) is 14.1. The second kappa shape index (κ2) is 8.25. The third kappa shape index (κ3) is 5.04. The summed E-state index contributed by atoms with van der Waals surface area (Å²) in [5.41, 5.74) is 1.41. The van der Waals surface area contributed by atoms with E-state index in [-0.39, 0.29) is 0 Å². The van der Waals surface area contributed by atoms with E-state index in [9.17, 15) is 0 Å². The summed E-state index contributed by atoms with van der Waals surface area (Å²) in [6, 6.07) is 0.596. The van der Waals surface area contributed by atoms with Gasteiger partial charge in [-0.25, -0.2) is 4.98 Å². The summed E-state index contributed by atoms with van der Waals surface area (Å²) in [5, 5.41) is 4.97. The number of hydrogen-bond donors (Lipinski definition) is 1. The van der Waals surface area contributed by atoms with Crippen LogP contribution < -0.4 is 5.32 Å². The van der Waals surface area contributed by atoms with Crippen molar-refractivity contribution in [3.63, 3.8) is 0 Å². The summed E-state index contributed by atoms with van der Waals surface area (Å²) in [7, 11) is 0. The molecule has 0 aliphatic heterocycles. The lowest BCUT2D eigenvalue weighted by Gasteiger charge is -2.16. The van der Waals surface area contributed by atoms with E-state index in [0.717, 1.165) is 38.5 Å². The van der Waals surface area contributed by atoms with Gasteiger partial charge in [0.25, 0.3) is 0 Å². The first-order valence-corrected chi connectivity index (χ1v) is 9.43. The molecule has 21 heavy (non-hydrogen) atoms. The Bertz CT molecular complexity index is 422. The Morgan fingerprint density at radius 1 is 1.29 bits per heavy atom. The number of nitrogens with one attached hydrogen (secondary N) is 1. The molecular weight excluding hydrogens is 278 g/mol. The van der Waals surface area contributed by atoms with Crippen LogP contribution in [0, 0.1) is 0 Å². The van der Waals surface area contributed by atoms with Gasteiger partial charge in [-0.3, -0.25) is 0 Å². The van der Waals surface area contributed by atoms with Gasteiger partial charge in [0, 0.05) is 36.3 Å². The second-order valence-corrected chi connectivity index (χ2v) is 7.33. The van der Waals surface area contributed by atoms with Crippen LogP contribution in [0.5, 0.6) is 0 Å². The van der Waals surface area contributed by atoms with E-state index >= 15 is 0 Å². The third-order valence-corrected chi connectivity index (χ3v) is 5.63. The molecule has 2 rings (SSSR count). The number of likely N-dealkylation sites (N-methyl/N-ethyl adjacent to an activating group) is 1. The van der Waals surface area contributed by atoms with Crippen molar-refractivity contribution in [2.45, 2.75) is 71.9 Å². The highest BCUT2D eigenvalue weighted by Gasteiger charge is 2.29. The van der Waals surface area contributed by atoms with E-state index in [1.807, 2.05) is 11.3 Å². The molecule has 1 aromatic heterocycles. The van der Waals surface area contributed by atoms with E-state index in [2.05, 4.69) is 37.9 Å². The highest BCUT2D eigenvalue weighted by atomic mass is 32.1. The molecule has 4 heteroatoms. The smallest absolute Gasteiger partial charge is 0.0944 e. The first-order valence-electron chi connectivity index (χ1n) is 8.62. The largest absolute Gasteiger partial charge is 0.309 e. The van der Waals surface area contributed by atoms with Crippen molar-refractivity contribution < 1.29 is 0 Å². The van der Waals surface area contributed by atoms with Crippen LogP contribution in [0.15, 0.2) is 0 Å². The minimum absolute atomic E-state index is 0.596. The molecule has 3 nitrogen and oxygen atoms in total. The Labute approximate surface area is 134 Å². The number of nitrogens with zero attached hydrogens (tertiary/aromatic N) is 2. The monoisotopic (exact) mass is 309 g/mol. The Balaban J connectivity index is 1.96. The lowest BCUT2D eigenvalue weighted by atomic mass is 10.2. The van der Waals surface area contributed by atoms with Gasteiger partial charge < -0.3 is 10.2 Å². The van der Waals surface area contributed by atoms with Gasteiger partial charge in [-0.15, -0.1) is 11.3 Å². The van der Waals surface area contributed by atoms with Gasteiger partial charge in [-0.1, -0.05) is 20.8 Å². The standard InChI is InChI=1S/C17H31N3S/c1-5-13(4)18-12-15-17(14-8-9-14)19-16(21-15)10-11-20(6-2)7-3/h13-14,18H,5-12H2,1-4H3. The van der Waals surface area contributed by atoms with E-state index in [0.29, 0.717) is 6.04 Å². The van der Waals surface area contributed by atoms with Crippen LogP contribution in [0.1, 0.15) is 68.5 Å². The fraction of sp³-hybridized carbons (Fsp3) is 0.824. The van der Waals surface area contributed by atoms with Crippen molar-refractivity contribution in [2.75, 3.05) is 19.6 Å². The molecule has 1 aromatic rings. The van der Waals surface area contributed by atoms with E-state index in [1.165, 1.54) is 34.8 Å². The van der Waals surface area contributed by atoms with Gasteiger partial charge in [-0.2, -0.15) is 0 Å². The number of rotatable bonds is 10. The Hall–Kier alpha value is -0.450. The topological polar surface area (TPSA) is 28.2 Å². The maximum absolute atomic E-state index is 4.97. The van der Waals surface area contributed by atoms with Crippen molar-refractivity contribution in [2.24, 2.45) is 0 Å². The molecule has 0 aromatic carbocycles. The first kappa shape index (κ1) is 16.9. The van der Waals surface area contributed by atoms with Crippen LogP contribution in [0.3, 0.4) is 0 Å². The molecule has 1 heterocycles. The summed E-state index contributed by atoms with van der Waals surface area (Å²) < 4.78 is 0. The number of aromatic nitrogens is 1. The Morgan fingerprint density at radius 3 is 2.57 bits per heavy atom. The molecule has 1 aliphatic carbocycles. The second-order valence-electron chi connectivity index (χ2n) is 6.16. The van der Waals surface area contributed by atoms with Gasteiger partial charge >= 0.3 is 0 Å². The zero-order chi connectivity index (χ0) is 15.2. The van der Waals surface area contributed by atoms with Crippen molar-refractivity contribution in [1.82, 2.24) is 15.2 Å². The average molecular weight is 310 g/mol. The predicted octanol–water partition coefficient (Wildman–Crippen LogP) is 3.79. The van der Waals surface area contributed by atoms with Crippen LogP contribution in [-0.2, 0) is 13.0 Å². The summed E-state index contributed by atoms with van der Waals surface area (Å²) >= 11 is 1.94. The van der Waals surface area contributed by atoms with Crippen molar-refractivity contribution >= 4 is 11.3 Å². The normalized spacial score (nSPS) is 16.6. The fourth-order valence-corrected chi connectivity index (χ4v) is 3.62. The van der Waals surface area contributed by atoms with Crippen molar-refractivity contribution in [3.8, 4) is 0 Å². The van der Waals surface area contributed by atoms with E-state index < -0.39 is 0 Å². The van der Waals surface area contributed by atoms with Crippen LogP contribution in [-0.4, -0.2) is 35.6 Å². The molecule has 1 atom stereocenters. The molecule has 0 spiro atoms. The molecule has 0 bridgehead atoms. The van der Waals surface area contributed by atoms with E-state index in [1.54, 1.807) is 0 Å². The van der Waals surface area contributed by atoms with Gasteiger partial charge in [0.15, 0.2) is 0 Å². The molecule has 1 aliphatic rings. The van der Waals surface area contributed by atoms with Crippen molar-refractivity contribution in [1.29, 1.82) is 0 Å². The van der Waals surface area contributed by atoms with Crippen LogP contribution in [0.2, 0.25) is 0 Å². The number of hydrogen-bond acceptors (Lipinski definition) is 4. The first-order chi connectivity index (χ1) is 10.2. The summed E-state index contributed by atoms with van der Waals surface area (Å²) in [6.45, 7) is 13.4. The molecule has 1 saturated carbocycles. The minimum Gasteiger partial charge on any atom is -0.309 e. The van der Waals surface area contributed by atoms with Crippen LogP contribution in [0.4, 0.5) is 0 Å². The maximum atomic E-state index is 4.97.